The molecule has 0 atom stereocenters. The zero-order valence-corrected chi connectivity index (χ0v) is 18.5. The fourth-order valence-corrected chi connectivity index (χ4v) is 5.18. The number of hydrogen-bond donors (Lipinski definition) is 2. The molecule has 0 spiro atoms. The molecule has 1 aliphatic heterocycles. The Morgan fingerprint density at radius 3 is 2.58 bits per heavy atom. The maximum Gasteiger partial charge on any atom is 0.238 e. The number of sulfonamides is 1. The minimum atomic E-state index is -3.99. The first-order valence-corrected chi connectivity index (χ1v) is 12.2. The van der Waals surface area contributed by atoms with Gasteiger partial charge in [-0.15, -0.1) is 0 Å². The molecule has 1 fully saturated rings. The lowest BCUT2D eigenvalue weighted by atomic mass is 9.83. The minimum absolute atomic E-state index is 0.00575. The van der Waals surface area contributed by atoms with Gasteiger partial charge in [-0.3, -0.25) is 9.59 Å². The molecule has 2 aromatic rings. The third-order valence-corrected chi connectivity index (χ3v) is 7.31. The molecule has 0 unspecified atom stereocenters. The number of nitrogens with one attached hydrogen (secondary N) is 1. The molecule has 2 amide bonds. The maximum absolute atomic E-state index is 12.7. The van der Waals surface area contributed by atoms with Crippen LogP contribution in [-0.4, -0.2) is 31.7 Å². The van der Waals surface area contributed by atoms with E-state index in [-0.39, 0.29) is 29.0 Å². The van der Waals surface area contributed by atoms with Crippen LogP contribution >= 0.6 is 11.6 Å². The Morgan fingerprint density at radius 2 is 1.94 bits per heavy atom. The van der Waals surface area contributed by atoms with Gasteiger partial charge in [0.15, 0.2) is 0 Å². The van der Waals surface area contributed by atoms with Crippen molar-refractivity contribution in [2.45, 2.75) is 43.5 Å². The molecule has 1 heterocycles. The number of nitrogens with two attached hydrogens (primary N) is 1. The zero-order chi connectivity index (χ0) is 22.2. The summed E-state index contributed by atoms with van der Waals surface area (Å²) in [6, 6.07) is 10.2. The molecule has 2 aliphatic rings. The van der Waals surface area contributed by atoms with E-state index in [2.05, 4.69) is 5.32 Å². The topological polar surface area (TPSA) is 110 Å². The van der Waals surface area contributed by atoms with Crippen molar-refractivity contribution in [3.63, 3.8) is 0 Å². The lowest BCUT2D eigenvalue weighted by Crippen LogP contribution is -2.42. The molecule has 7 nitrogen and oxygen atoms in total. The van der Waals surface area contributed by atoms with Crippen molar-refractivity contribution in [2.75, 3.05) is 11.9 Å². The number of rotatable bonds is 5. The molecule has 0 aromatic heterocycles. The molecule has 1 saturated carbocycles. The highest BCUT2D eigenvalue weighted by Gasteiger charge is 2.32. The van der Waals surface area contributed by atoms with Gasteiger partial charge in [0.1, 0.15) is 0 Å². The fourth-order valence-electron chi connectivity index (χ4n) is 4.11. The lowest BCUT2D eigenvalue weighted by Gasteiger charge is -2.35. The summed E-state index contributed by atoms with van der Waals surface area (Å²) in [5.41, 5.74) is 2.31. The van der Waals surface area contributed by atoms with E-state index in [1.54, 1.807) is 35.2 Å². The summed E-state index contributed by atoms with van der Waals surface area (Å²) in [6.45, 7) is 0.768. The summed E-state index contributed by atoms with van der Waals surface area (Å²) in [4.78, 5) is 27.0. The SMILES string of the molecule is NS(=O)(=O)c1cc(NC(=O)Cc2ccccc2Cl)cc2c1CCN(C(=O)C1CCC1)C2. The Balaban J connectivity index is 1.59. The van der Waals surface area contributed by atoms with Crippen molar-refractivity contribution in [3.8, 4) is 0 Å². The van der Waals surface area contributed by atoms with E-state index in [9.17, 15) is 18.0 Å². The number of primary sulfonamides is 1. The van der Waals surface area contributed by atoms with Crippen molar-refractivity contribution in [1.82, 2.24) is 4.90 Å². The molecule has 31 heavy (non-hydrogen) atoms. The first-order valence-electron chi connectivity index (χ1n) is 10.2. The van der Waals surface area contributed by atoms with E-state index in [1.165, 1.54) is 6.07 Å². The zero-order valence-electron chi connectivity index (χ0n) is 16.9. The molecule has 1 aliphatic carbocycles. The summed E-state index contributed by atoms with van der Waals surface area (Å²) in [7, 11) is -3.99. The van der Waals surface area contributed by atoms with Crippen LogP contribution < -0.4 is 10.5 Å². The number of fused-ring (bicyclic) bond motifs is 1. The number of anilines is 1. The second-order valence-electron chi connectivity index (χ2n) is 8.11. The first kappa shape index (κ1) is 21.8. The van der Waals surface area contributed by atoms with E-state index < -0.39 is 10.0 Å². The van der Waals surface area contributed by atoms with Crippen LogP contribution in [0.2, 0.25) is 5.02 Å². The predicted molar refractivity (Wildman–Crippen MR) is 118 cm³/mol. The van der Waals surface area contributed by atoms with Gasteiger partial charge in [0.25, 0.3) is 0 Å². The van der Waals surface area contributed by atoms with Crippen LogP contribution in [0.5, 0.6) is 0 Å². The summed E-state index contributed by atoms with van der Waals surface area (Å²) in [6.07, 6.45) is 3.34. The van der Waals surface area contributed by atoms with Crippen LogP contribution in [0.4, 0.5) is 5.69 Å². The molecule has 2 aromatic carbocycles. The monoisotopic (exact) mass is 461 g/mol. The molecular formula is C22H24ClN3O4S. The summed E-state index contributed by atoms with van der Waals surface area (Å²) in [5.74, 6) is -0.147. The Hall–Kier alpha value is -2.42. The highest BCUT2D eigenvalue weighted by atomic mass is 35.5. The Labute approximate surface area is 186 Å². The second kappa shape index (κ2) is 8.61. The van der Waals surface area contributed by atoms with E-state index in [4.69, 9.17) is 16.7 Å². The number of hydrogen-bond acceptors (Lipinski definition) is 4. The molecule has 164 valence electrons. The van der Waals surface area contributed by atoms with Gasteiger partial charge >= 0.3 is 0 Å². The summed E-state index contributed by atoms with van der Waals surface area (Å²) < 4.78 is 24.4. The molecular weight excluding hydrogens is 438 g/mol. The van der Waals surface area contributed by atoms with Gasteiger partial charge in [-0.05, 0) is 54.2 Å². The van der Waals surface area contributed by atoms with Crippen molar-refractivity contribution >= 4 is 39.1 Å². The van der Waals surface area contributed by atoms with Gasteiger partial charge < -0.3 is 10.2 Å². The number of carbonyl (C=O) groups is 2. The van der Waals surface area contributed by atoms with Gasteiger partial charge in [-0.25, -0.2) is 13.6 Å². The standard InChI is InChI=1S/C22H24ClN3O4S/c23-19-7-2-1-4-15(19)11-21(27)25-17-10-16-13-26(22(28)14-5-3-6-14)9-8-18(16)20(12-17)31(24,29)30/h1-2,4,7,10,12,14H,3,5-6,8-9,11,13H2,(H,25,27)(H2,24,29,30). The largest absolute Gasteiger partial charge is 0.338 e. The third-order valence-electron chi connectivity index (χ3n) is 5.96. The predicted octanol–water partition coefficient (Wildman–Crippen LogP) is 2.85. The van der Waals surface area contributed by atoms with Crippen LogP contribution in [0.15, 0.2) is 41.3 Å². The number of carbonyl (C=O) groups excluding carboxylic acids is 2. The molecule has 3 N–H and O–H groups in total. The molecule has 9 heteroatoms. The minimum Gasteiger partial charge on any atom is -0.338 e. The molecule has 0 radical (unpaired) electrons. The van der Waals surface area contributed by atoms with Crippen molar-refractivity contribution in [2.24, 2.45) is 11.1 Å². The molecule has 0 saturated heterocycles. The highest BCUT2D eigenvalue weighted by Crippen LogP contribution is 2.33. The Bertz CT molecular complexity index is 1150. The van der Waals surface area contributed by atoms with Gasteiger partial charge in [-0.2, -0.15) is 0 Å². The number of benzene rings is 2. The average Bonchev–Trinajstić information content (AvgIpc) is 2.66. The number of nitrogens with zero attached hydrogens (tertiary/aromatic N) is 1. The van der Waals surface area contributed by atoms with Crippen LogP contribution in [0.3, 0.4) is 0 Å². The Morgan fingerprint density at radius 1 is 1.19 bits per heavy atom. The normalized spacial score (nSPS) is 16.4. The van der Waals surface area contributed by atoms with E-state index >= 15 is 0 Å². The van der Waals surface area contributed by atoms with Crippen LogP contribution in [0.25, 0.3) is 0 Å². The molecule has 0 bridgehead atoms. The highest BCUT2D eigenvalue weighted by molar-refractivity contribution is 7.89. The van der Waals surface area contributed by atoms with Gasteiger partial charge in [0.05, 0.1) is 11.3 Å². The van der Waals surface area contributed by atoms with E-state index in [0.717, 1.165) is 19.3 Å². The van der Waals surface area contributed by atoms with E-state index in [0.29, 0.717) is 46.9 Å². The smallest absolute Gasteiger partial charge is 0.238 e. The van der Waals surface area contributed by atoms with E-state index in [1.807, 2.05) is 0 Å². The summed E-state index contributed by atoms with van der Waals surface area (Å²) >= 11 is 6.13. The van der Waals surface area contributed by atoms with Crippen molar-refractivity contribution in [1.29, 1.82) is 0 Å². The quantitative estimate of drug-likeness (QED) is 0.713. The van der Waals surface area contributed by atoms with Crippen molar-refractivity contribution < 1.29 is 18.0 Å². The lowest BCUT2D eigenvalue weighted by molar-refractivity contribution is -0.139. The maximum atomic E-state index is 12.7. The fraction of sp³-hybridized carbons (Fsp3) is 0.364. The molecule has 4 rings (SSSR count). The van der Waals surface area contributed by atoms with Gasteiger partial charge in [0.2, 0.25) is 21.8 Å². The first-order chi connectivity index (χ1) is 14.7. The van der Waals surface area contributed by atoms with Crippen LogP contribution in [0.1, 0.15) is 36.0 Å². The number of halogens is 1. The van der Waals surface area contributed by atoms with Crippen LogP contribution in [0, 0.1) is 5.92 Å². The number of amides is 2. The van der Waals surface area contributed by atoms with Gasteiger partial charge in [0, 0.05) is 29.7 Å². The average molecular weight is 462 g/mol. The summed E-state index contributed by atoms with van der Waals surface area (Å²) in [5, 5.41) is 8.69. The van der Waals surface area contributed by atoms with Crippen LogP contribution in [-0.2, 0) is 39.0 Å². The second-order valence-corrected chi connectivity index (χ2v) is 10.0. The Kier molecular flexibility index (Phi) is 6.05. The third kappa shape index (κ3) is 4.76. The van der Waals surface area contributed by atoms with Gasteiger partial charge in [-0.1, -0.05) is 36.2 Å². The van der Waals surface area contributed by atoms with Crippen molar-refractivity contribution in [3.05, 3.63) is 58.1 Å².